The molecule has 17 nitrogen and oxygen atoms in total. The molecule has 0 unspecified atom stereocenters. The predicted molar refractivity (Wildman–Crippen MR) is 266 cm³/mol. The van der Waals surface area contributed by atoms with Gasteiger partial charge in [0.1, 0.15) is 46.5 Å². The topological polar surface area (TPSA) is 250 Å². The van der Waals surface area contributed by atoms with E-state index in [1.165, 1.54) is 36.4 Å². The average molecular weight is 1100 g/mol. The molecule has 19 heteroatoms. The molecule has 6 heterocycles. The Balaban J connectivity index is 0.000000153. The number of aryl methyl sites for hydroxylation is 6. The molecule has 9 rings (SSSR count). The van der Waals surface area contributed by atoms with E-state index in [2.05, 4.69) is 45.8 Å². The number of halogens is 2. The molecule has 69 heavy (non-hydrogen) atoms. The Labute approximate surface area is 416 Å². The van der Waals surface area contributed by atoms with Gasteiger partial charge in [0.15, 0.2) is 0 Å². The van der Waals surface area contributed by atoms with Crippen molar-refractivity contribution in [1.82, 2.24) is 43.1 Å². The summed E-state index contributed by atoms with van der Waals surface area (Å²) in [5.41, 5.74) is 7.53. The van der Waals surface area contributed by atoms with Gasteiger partial charge in [-0.2, -0.15) is 10.5 Å². The van der Waals surface area contributed by atoms with E-state index in [1.54, 1.807) is 35.1 Å². The van der Waals surface area contributed by atoms with Crippen molar-refractivity contribution in [3.63, 3.8) is 0 Å². The van der Waals surface area contributed by atoms with Gasteiger partial charge in [-0.25, -0.2) is 29.9 Å². The molecule has 0 radical (unpaired) electrons. The second-order valence-corrected chi connectivity index (χ2v) is 17.7. The van der Waals surface area contributed by atoms with E-state index in [-0.39, 0.29) is 51.3 Å². The molecule has 0 bridgehead atoms. The van der Waals surface area contributed by atoms with Crippen molar-refractivity contribution < 1.29 is 29.7 Å². The predicted octanol–water partition coefficient (Wildman–Crippen LogP) is 8.72. The molecule has 0 aliphatic carbocycles. The third-order valence-electron chi connectivity index (χ3n) is 10.8. The molecule has 0 atom stereocenters. The molecule has 9 aromatic rings. The largest absolute Gasteiger partial charge is 0.507 e. The number of fused-ring (bicyclic) bond motifs is 3. The highest BCUT2D eigenvalue weighted by Crippen LogP contribution is 2.31. The first kappa shape index (κ1) is 49.0. The maximum absolute atomic E-state index is 12.9. The summed E-state index contributed by atoms with van der Waals surface area (Å²) in [4.78, 5) is 64.5. The summed E-state index contributed by atoms with van der Waals surface area (Å²) in [6, 6.07) is 15.6. The van der Waals surface area contributed by atoms with E-state index in [4.69, 9.17) is 10.5 Å². The fourth-order valence-electron chi connectivity index (χ4n) is 7.40. The monoisotopic (exact) mass is 1100 g/mol. The summed E-state index contributed by atoms with van der Waals surface area (Å²) < 4.78 is 6.30. The number of hydrogen-bond donors (Lipinski definition) is 3. The Morgan fingerprint density at radius 3 is 1.57 bits per heavy atom. The summed E-state index contributed by atoms with van der Waals surface area (Å²) in [5.74, 6) is 0.574. The smallest absolute Gasteiger partial charge is 0.234 e. The van der Waals surface area contributed by atoms with Gasteiger partial charge >= 0.3 is 0 Å². The first-order valence-corrected chi connectivity index (χ1v) is 23.2. The maximum Gasteiger partial charge on any atom is 0.234 e. The van der Waals surface area contributed by atoms with Crippen LogP contribution in [0.2, 0.25) is 0 Å². The van der Waals surface area contributed by atoms with Gasteiger partial charge in [-0.15, -0.1) is 0 Å². The molecule has 0 amide bonds. The molecule has 0 fully saturated rings. The van der Waals surface area contributed by atoms with Crippen molar-refractivity contribution in [3.05, 3.63) is 172 Å². The summed E-state index contributed by atoms with van der Waals surface area (Å²) in [6.07, 6.45) is 12.7. The third-order valence-corrected chi connectivity index (χ3v) is 12.3. The third kappa shape index (κ3) is 9.91. The molecular weight excluding hydrogens is 1060 g/mol. The number of carbonyl (C=O) groups excluding carboxylic acids is 3. The molecule has 346 valence electrons. The number of nitriles is 2. The number of nitrogens with zero attached hydrogens (tertiary/aromatic N) is 11. The highest BCUT2D eigenvalue weighted by atomic mass is 127. The van der Waals surface area contributed by atoms with E-state index in [0.29, 0.717) is 72.8 Å². The van der Waals surface area contributed by atoms with Crippen LogP contribution in [0.4, 0.5) is 0 Å². The van der Waals surface area contributed by atoms with E-state index in [0.717, 1.165) is 33.8 Å². The fraction of sp³-hybridized carbons (Fsp3) is 0.180. The Morgan fingerprint density at radius 1 is 0.609 bits per heavy atom. The second kappa shape index (κ2) is 20.6. The molecule has 3 aromatic carbocycles. The lowest BCUT2D eigenvalue weighted by Crippen LogP contribution is -2.09. The summed E-state index contributed by atoms with van der Waals surface area (Å²) >= 11 is 5.17. The van der Waals surface area contributed by atoms with Crippen LogP contribution in [0.15, 0.2) is 90.2 Å². The standard InChI is InChI=1S/C17H13BrN4O2.C17H14N4O2.C16H14IN3O2/c1-3-13-14(21-17-20-7-9(2)8-22(13)17)16(24)10-4-11(6-19)15(23)12(18)5-10;1-3-13-15(20-17-19-8-10(2)9-21(13)17)16(23)11-4-5-14(22)12(6-11)7-18;1-3-12-14(20-8-9(2)7-18-16(20)19-12)15(22)10-4-5-13(21)11(17)6-10/h4-5,7-8,23H,3H2,1-2H3;4-6,8-9,22H,3H2,1-2H3;4-8,21H,3H2,1-2H3. The van der Waals surface area contributed by atoms with Gasteiger partial charge in [0.2, 0.25) is 34.7 Å². The van der Waals surface area contributed by atoms with E-state index >= 15 is 0 Å². The minimum Gasteiger partial charge on any atom is -0.507 e. The molecule has 6 aromatic heterocycles. The zero-order chi connectivity index (χ0) is 49.8. The van der Waals surface area contributed by atoms with Crippen molar-refractivity contribution in [2.75, 3.05) is 0 Å². The van der Waals surface area contributed by atoms with Gasteiger partial charge in [-0.05, 0) is 144 Å². The van der Waals surface area contributed by atoms with Crippen LogP contribution in [-0.4, -0.2) is 75.8 Å². The van der Waals surface area contributed by atoms with Crippen LogP contribution in [-0.2, 0) is 19.3 Å². The normalized spacial score (nSPS) is 10.8. The van der Waals surface area contributed by atoms with E-state index in [1.807, 2.05) is 104 Å². The molecule has 0 saturated heterocycles. The highest BCUT2D eigenvalue weighted by molar-refractivity contribution is 14.1. The Kier molecular flexibility index (Phi) is 14.6. The lowest BCUT2D eigenvalue weighted by Gasteiger charge is -2.05. The average Bonchev–Trinajstić information content (AvgIpc) is 4.03. The number of phenolic OH excluding ortho intramolecular Hbond substituents is 3. The van der Waals surface area contributed by atoms with Crippen molar-refractivity contribution in [1.29, 1.82) is 10.5 Å². The Hall–Kier alpha value is -7.88. The van der Waals surface area contributed by atoms with Gasteiger partial charge in [-0.3, -0.25) is 27.6 Å². The number of aromatic hydroxyl groups is 3. The van der Waals surface area contributed by atoms with Crippen LogP contribution < -0.4 is 0 Å². The quantitative estimate of drug-likeness (QED) is 0.0903. The number of rotatable bonds is 9. The number of hydrogen-bond acceptors (Lipinski definition) is 14. The van der Waals surface area contributed by atoms with Gasteiger partial charge in [-0.1, -0.05) is 20.8 Å². The number of carbonyl (C=O) groups is 3. The van der Waals surface area contributed by atoms with Crippen molar-refractivity contribution in [2.45, 2.75) is 60.8 Å². The minimum absolute atomic E-state index is 0.0310. The van der Waals surface area contributed by atoms with E-state index in [9.17, 15) is 29.7 Å². The number of aromatic nitrogens is 9. The zero-order valence-corrected chi connectivity index (χ0v) is 41.7. The van der Waals surface area contributed by atoms with Crippen molar-refractivity contribution in [2.24, 2.45) is 0 Å². The van der Waals surface area contributed by atoms with Crippen molar-refractivity contribution >= 4 is 73.2 Å². The molecule has 0 saturated carbocycles. The summed E-state index contributed by atoms with van der Waals surface area (Å²) in [5, 5.41) is 47.1. The summed E-state index contributed by atoms with van der Waals surface area (Å²) in [6.45, 7) is 11.6. The highest BCUT2D eigenvalue weighted by Gasteiger charge is 2.24. The van der Waals surface area contributed by atoms with Crippen LogP contribution in [0.1, 0.15) is 114 Å². The van der Waals surface area contributed by atoms with Gasteiger partial charge in [0.25, 0.3) is 0 Å². The molecule has 3 N–H and O–H groups in total. The van der Waals surface area contributed by atoms with Crippen molar-refractivity contribution in [3.8, 4) is 29.4 Å². The number of phenols is 3. The van der Waals surface area contributed by atoms with Crippen LogP contribution >= 0.6 is 38.5 Å². The number of benzene rings is 3. The van der Waals surface area contributed by atoms with Crippen LogP contribution in [0, 0.1) is 47.0 Å². The first-order chi connectivity index (χ1) is 33.0. The van der Waals surface area contributed by atoms with Crippen LogP contribution in [0.5, 0.6) is 17.2 Å². The minimum atomic E-state index is -0.313. The maximum atomic E-state index is 12.9. The summed E-state index contributed by atoms with van der Waals surface area (Å²) in [7, 11) is 0. The molecule has 0 aliphatic heterocycles. The fourth-order valence-corrected chi connectivity index (χ4v) is 8.37. The SMILES string of the molecule is CCc1c(C(=O)c2cc(Br)c(O)c(C#N)c2)nc2ncc(C)cn12.CCc1c(C(=O)c2ccc(O)c(C#N)c2)nc2ncc(C)cn12.CCc1nc2ncc(C)cn2c1C(=O)c1ccc(O)c(I)c1. The zero-order valence-electron chi connectivity index (χ0n) is 37.9. The van der Waals surface area contributed by atoms with E-state index < -0.39 is 0 Å². The molecule has 0 spiro atoms. The van der Waals surface area contributed by atoms with Gasteiger partial charge < -0.3 is 15.3 Å². The van der Waals surface area contributed by atoms with Gasteiger partial charge in [0.05, 0.1) is 36.3 Å². The Bertz CT molecular complexity index is 3620. The van der Waals surface area contributed by atoms with Crippen LogP contribution in [0.25, 0.3) is 17.3 Å². The first-order valence-electron chi connectivity index (χ1n) is 21.3. The number of ketones is 3. The van der Waals surface area contributed by atoms with Gasteiger partial charge in [0, 0.05) is 53.9 Å². The van der Waals surface area contributed by atoms with Crippen LogP contribution in [0.3, 0.4) is 0 Å². The molecular formula is C50H41BrIN11O6. The second-order valence-electron chi connectivity index (χ2n) is 15.6. The number of imidazole rings is 3. The molecule has 0 aliphatic rings. The lowest BCUT2D eigenvalue weighted by atomic mass is 10.0. The Morgan fingerprint density at radius 2 is 1.07 bits per heavy atom. The lowest BCUT2D eigenvalue weighted by molar-refractivity contribution is 0.102.